The van der Waals surface area contributed by atoms with Crippen molar-refractivity contribution in [1.82, 2.24) is 19.3 Å². The number of benzene rings is 1. The Kier molecular flexibility index (Phi) is 5.31. The summed E-state index contributed by atoms with van der Waals surface area (Å²) in [7, 11) is 3.34. The van der Waals surface area contributed by atoms with Crippen LogP contribution in [-0.2, 0) is 4.74 Å². The minimum Gasteiger partial charge on any atom is -0.495 e. The quantitative estimate of drug-likeness (QED) is 0.424. The molecule has 2 aliphatic carbocycles. The number of methoxy groups -OCH3 is 2. The van der Waals surface area contributed by atoms with Gasteiger partial charge in [0, 0.05) is 36.9 Å². The number of hydrogen-bond donors (Lipinski definition) is 2. The van der Waals surface area contributed by atoms with Crippen molar-refractivity contribution in [2.75, 3.05) is 26.6 Å². The summed E-state index contributed by atoms with van der Waals surface area (Å²) in [6.45, 7) is 2.55. The van der Waals surface area contributed by atoms with Crippen molar-refractivity contribution in [3.05, 3.63) is 47.0 Å². The van der Waals surface area contributed by atoms with Crippen molar-refractivity contribution in [2.45, 2.75) is 50.3 Å². The maximum Gasteiger partial charge on any atom is 0.258 e. The first-order chi connectivity index (χ1) is 17.3. The molecule has 36 heavy (non-hydrogen) atoms. The smallest absolute Gasteiger partial charge is 0.258 e. The van der Waals surface area contributed by atoms with Crippen LogP contribution in [-0.4, -0.2) is 50.9 Å². The van der Waals surface area contributed by atoms with E-state index < -0.39 is 5.60 Å². The van der Waals surface area contributed by atoms with Gasteiger partial charge in [0.1, 0.15) is 17.3 Å². The molecule has 188 valence electrons. The molecule has 1 aromatic carbocycles. The lowest BCUT2D eigenvalue weighted by Crippen LogP contribution is -2.42. The van der Waals surface area contributed by atoms with E-state index in [1.54, 1.807) is 25.0 Å². The summed E-state index contributed by atoms with van der Waals surface area (Å²) >= 11 is 0. The predicted molar refractivity (Wildman–Crippen MR) is 138 cm³/mol. The summed E-state index contributed by atoms with van der Waals surface area (Å²) in [6, 6.07) is 7.86. The van der Waals surface area contributed by atoms with Crippen molar-refractivity contribution in [3.8, 4) is 17.0 Å². The first-order valence-electron chi connectivity index (χ1n) is 12.4. The Morgan fingerprint density at radius 2 is 1.94 bits per heavy atom. The Bertz CT molecular complexity index is 1520. The molecule has 3 aromatic heterocycles. The van der Waals surface area contributed by atoms with E-state index >= 15 is 0 Å². The summed E-state index contributed by atoms with van der Waals surface area (Å²) in [4.78, 5) is 17.9. The average Bonchev–Trinajstić information content (AvgIpc) is 3.21. The van der Waals surface area contributed by atoms with Crippen molar-refractivity contribution in [3.63, 3.8) is 0 Å². The van der Waals surface area contributed by atoms with Gasteiger partial charge in [-0.25, -0.2) is 4.98 Å². The van der Waals surface area contributed by atoms with Crippen molar-refractivity contribution < 1.29 is 14.6 Å². The number of fused-ring (bicyclic) bond motifs is 2. The fourth-order valence-corrected chi connectivity index (χ4v) is 5.93. The molecule has 0 spiro atoms. The van der Waals surface area contributed by atoms with Gasteiger partial charge in [0.2, 0.25) is 0 Å². The molecule has 9 nitrogen and oxygen atoms in total. The van der Waals surface area contributed by atoms with Crippen LogP contribution in [0.5, 0.6) is 5.75 Å². The number of ether oxygens (including phenoxy) is 2. The molecule has 0 bridgehead atoms. The highest BCUT2D eigenvalue weighted by molar-refractivity contribution is 6.02. The number of anilines is 1. The SMILES string of the molecule is COCC1CC(n2cc(OC)c3ccc(-c4nn(C5CC(C)(O)C5)c5ccnc(N)c45)cc3c2=O)C1. The van der Waals surface area contributed by atoms with Crippen LogP contribution in [0.15, 0.2) is 41.5 Å². The number of nitrogens with zero attached hydrogens (tertiary/aromatic N) is 4. The first-order valence-corrected chi connectivity index (χ1v) is 12.4. The first kappa shape index (κ1) is 23.0. The fourth-order valence-electron chi connectivity index (χ4n) is 5.93. The van der Waals surface area contributed by atoms with Gasteiger partial charge in [-0.3, -0.25) is 9.48 Å². The van der Waals surface area contributed by atoms with Gasteiger partial charge in [-0.1, -0.05) is 6.07 Å². The normalized spacial score (nSPS) is 25.6. The maximum absolute atomic E-state index is 13.6. The van der Waals surface area contributed by atoms with Crippen molar-refractivity contribution in [1.29, 1.82) is 0 Å². The van der Waals surface area contributed by atoms with Gasteiger partial charge in [-0.2, -0.15) is 5.10 Å². The second kappa shape index (κ2) is 8.31. The third-order valence-electron chi connectivity index (χ3n) is 7.85. The number of hydrogen-bond acceptors (Lipinski definition) is 7. The van der Waals surface area contributed by atoms with Crippen LogP contribution in [0, 0.1) is 5.92 Å². The standard InChI is InChI=1S/C27H31N5O4/c1-27(34)11-18(12-27)32-21-6-7-29-25(28)23(21)24(30-32)16-4-5-19-20(10-16)26(33)31(13-22(19)36-3)17-8-15(9-17)14-35-2/h4-7,10,13,15,17-18,34H,8-9,11-12,14H2,1-3H3,(H2,28,29). The number of pyridine rings is 2. The number of aliphatic hydroxyl groups is 1. The van der Waals surface area contributed by atoms with Crippen LogP contribution in [0.2, 0.25) is 0 Å². The van der Waals surface area contributed by atoms with Gasteiger partial charge in [0.15, 0.2) is 0 Å². The molecule has 9 heteroatoms. The van der Waals surface area contributed by atoms with E-state index in [1.165, 1.54) is 0 Å². The van der Waals surface area contributed by atoms with Crippen LogP contribution >= 0.6 is 0 Å². The van der Waals surface area contributed by atoms with Crippen LogP contribution in [0.3, 0.4) is 0 Å². The zero-order chi connectivity index (χ0) is 25.2. The fraction of sp³-hybridized carbons (Fsp3) is 0.444. The highest BCUT2D eigenvalue weighted by Crippen LogP contribution is 2.44. The molecule has 2 fully saturated rings. The second-order valence-electron chi connectivity index (χ2n) is 10.6. The Balaban J connectivity index is 1.48. The molecule has 0 radical (unpaired) electrons. The Morgan fingerprint density at radius 1 is 1.17 bits per heavy atom. The lowest BCUT2D eigenvalue weighted by molar-refractivity contribution is -0.0529. The number of nitrogen functional groups attached to an aromatic ring is 1. The molecule has 6 rings (SSSR count). The molecule has 2 saturated carbocycles. The molecule has 0 unspecified atom stereocenters. The Morgan fingerprint density at radius 3 is 2.64 bits per heavy atom. The van der Waals surface area contributed by atoms with E-state index in [9.17, 15) is 9.90 Å². The van der Waals surface area contributed by atoms with E-state index in [4.69, 9.17) is 20.3 Å². The summed E-state index contributed by atoms with van der Waals surface area (Å²) in [6.07, 6.45) is 6.56. The van der Waals surface area contributed by atoms with E-state index in [0.29, 0.717) is 48.0 Å². The minimum atomic E-state index is -0.684. The van der Waals surface area contributed by atoms with Crippen molar-refractivity contribution in [2.24, 2.45) is 5.92 Å². The molecule has 0 saturated heterocycles. The number of rotatable bonds is 6. The second-order valence-corrected chi connectivity index (χ2v) is 10.6. The molecule has 4 aromatic rings. The van der Waals surface area contributed by atoms with Gasteiger partial charge in [0.05, 0.1) is 41.2 Å². The number of nitrogens with two attached hydrogens (primary N) is 1. The Hall–Kier alpha value is -3.43. The van der Waals surface area contributed by atoms with Crippen LogP contribution in [0.1, 0.15) is 44.7 Å². The van der Waals surface area contributed by atoms with E-state index in [1.807, 2.05) is 42.1 Å². The Labute approximate surface area is 208 Å². The maximum atomic E-state index is 13.6. The van der Waals surface area contributed by atoms with Gasteiger partial charge < -0.3 is 24.9 Å². The number of aromatic nitrogens is 4. The summed E-state index contributed by atoms with van der Waals surface area (Å²) < 4.78 is 14.7. The largest absolute Gasteiger partial charge is 0.495 e. The predicted octanol–water partition coefficient (Wildman–Crippen LogP) is 3.69. The summed E-state index contributed by atoms with van der Waals surface area (Å²) in [5.41, 5.74) is 7.95. The molecule has 0 amide bonds. The molecule has 0 atom stereocenters. The van der Waals surface area contributed by atoms with Crippen LogP contribution in [0.25, 0.3) is 32.9 Å². The molecular weight excluding hydrogens is 458 g/mol. The molecule has 3 N–H and O–H groups in total. The van der Waals surface area contributed by atoms with Gasteiger partial charge >= 0.3 is 0 Å². The average molecular weight is 490 g/mol. The zero-order valence-corrected chi connectivity index (χ0v) is 20.8. The highest BCUT2D eigenvalue weighted by atomic mass is 16.5. The molecular formula is C27H31N5O4. The molecule has 2 aliphatic rings. The van der Waals surface area contributed by atoms with Gasteiger partial charge in [-0.05, 0) is 56.7 Å². The highest BCUT2D eigenvalue weighted by Gasteiger charge is 2.41. The van der Waals surface area contributed by atoms with Crippen LogP contribution < -0.4 is 16.0 Å². The zero-order valence-electron chi connectivity index (χ0n) is 20.8. The monoisotopic (exact) mass is 489 g/mol. The minimum absolute atomic E-state index is 0.0432. The van der Waals surface area contributed by atoms with E-state index in [-0.39, 0.29) is 17.6 Å². The van der Waals surface area contributed by atoms with E-state index in [2.05, 4.69) is 4.98 Å². The summed E-state index contributed by atoms with van der Waals surface area (Å²) in [5.74, 6) is 1.53. The lowest BCUT2D eigenvalue weighted by atomic mass is 9.77. The summed E-state index contributed by atoms with van der Waals surface area (Å²) in [5, 5.41) is 17.3. The molecule has 0 aliphatic heterocycles. The van der Waals surface area contributed by atoms with Gasteiger partial charge in [0.25, 0.3) is 5.56 Å². The van der Waals surface area contributed by atoms with Gasteiger partial charge in [-0.15, -0.1) is 0 Å². The topological polar surface area (TPSA) is 117 Å². The third kappa shape index (κ3) is 3.57. The van der Waals surface area contributed by atoms with Crippen molar-refractivity contribution >= 4 is 27.5 Å². The lowest BCUT2D eigenvalue weighted by Gasteiger charge is -2.41. The van der Waals surface area contributed by atoms with Crippen LogP contribution in [0.4, 0.5) is 5.82 Å². The molecule has 3 heterocycles. The third-order valence-corrected chi connectivity index (χ3v) is 7.85. The van der Waals surface area contributed by atoms with E-state index in [0.717, 1.165) is 34.7 Å².